The first-order chi connectivity index (χ1) is 24.4. The maximum absolute atomic E-state index is 14.5. The monoisotopic (exact) mass is 697 g/mol. The van der Waals surface area contributed by atoms with Crippen molar-refractivity contribution in [3.63, 3.8) is 0 Å². The highest BCUT2D eigenvalue weighted by Crippen LogP contribution is 2.43. The van der Waals surface area contributed by atoms with Crippen molar-refractivity contribution in [2.75, 3.05) is 58.4 Å². The minimum atomic E-state index is -3.77. The largest absolute Gasteiger partial charge is 0.494 e. The number of amides is 1. The molecule has 2 heterocycles. The zero-order valence-electron chi connectivity index (χ0n) is 27.9. The summed E-state index contributed by atoms with van der Waals surface area (Å²) in [6.45, 7) is 4.22. The highest BCUT2D eigenvalue weighted by molar-refractivity contribution is 7.91. The van der Waals surface area contributed by atoms with Crippen LogP contribution in [0.3, 0.4) is 0 Å². The van der Waals surface area contributed by atoms with E-state index in [0.29, 0.717) is 56.2 Å². The van der Waals surface area contributed by atoms with Gasteiger partial charge < -0.3 is 24.6 Å². The van der Waals surface area contributed by atoms with Gasteiger partial charge in [0, 0.05) is 51.2 Å². The van der Waals surface area contributed by atoms with E-state index < -0.39 is 27.4 Å². The van der Waals surface area contributed by atoms with Crippen LogP contribution in [0.25, 0.3) is 11.1 Å². The molecule has 10 nitrogen and oxygen atoms in total. The number of hydrogen-bond acceptors (Lipinski definition) is 9. The summed E-state index contributed by atoms with van der Waals surface area (Å²) in [7, 11) is -3.77. The SMILES string of the molecule is O=C(NCCN1CCOCC1)[C@]1(CCS(=O)(=O)c2ccccc2)N=C(c2ccc(OCCCO)cc2)O[C@@H]1c1ccc(-c2ccccc2)cc1. The van der Waals surface area contributed by atoms with Gasteiger partial charge in [-0.15, -0.1) is 0 Å². The molecule has 50 heavy (non-hydrogen) atoms. The lowest BCUT2D eigenvalue weighted by Gasteiger charge is -2.31. The summed E-state index contributed by atoms with van der Waals surface area (Å²) >= 11 is 0. The molecule has 0 spiro atoms. The molecular weight excluding hydrogens is 655 g/mol. The maximum Gasteiger partial charge on any atom is 0.252 e. The average Bonchev–Trinajstić information content (AvgIpc) is 3.57. The number of carbonyl (C=O) groups is 1. The second kappa shape index (κ2) is 16.4. The number of nitrogens with one attached hydrogen (secondary N) is 1. The second-order valence-electron chi connectivity index (χ2n) is 12.4. The summed E-state index contributed by atoms with van der Waals surface area (Å²) in [5.74, 6) is 0.147. The number of nitrogens with zero attached hydrogens (tertiary/aromatic N) is 2. The van der Waals surface area contributed by atoms with Crippen LogP contribution in [-0.4, -0.2) is 94.1 Å². The van der Waals surface area contributed by atoms with Gasteiger partial charge in [0.1, 0.15) is 5.75 Å². The summed E-state index contributed by atoms with van der Waals surface area (Å²) < 4.78 is 45.1. The van der Waals surface area contributed by atoms with Crippen LogP contribution in [0, 0.1) is 0 Å². The normalized spacial score (nSPS) is 19.4. The summed E-state index contributed by atoms with van der Waals surface area (Å²) in [6.07, 6.45) is -0.501. The van der Waals surface area contributed by atoms with E-state index in [1.54, 1.807) is 54.6 Å². The van der Waals surface area contributed by atoms with E-state index in [2.05, 4.69) is 10.2 Å². The van der Waals surface area contributed by atoms with Crippen LogP contribution in [-0.2, 0) is 24.1 Å². The molecule has 6 rings (SSSR count). The lowest BCUT2D eigenvalue weighted by atomic mass is 9.84. The molecule has 1 saturated heterocycles. The Kier molecular flexibility index (Phi) is 11.6. The molecule has 0 aliphatic carbocycles. The fourth-order valence-electron chi connectivity index (χ4n) is 6.19. The van der Waals surface area contributed by atoms with Crippen LogP contribution in [0.1, 0.15) is 30.1 Å². The highest BCUT2D eigenvalue weighted by atomic mass is 32.2. The molecular formula is C39H43N3O7S. The van der Waals surface area contributed by atoms with Crippen molar-refractivity contribution in [3.05, 3.63) is 120 Å². The van der Waals surface area contributed by atoms with Gasteiger partial charge in [-0.1, -0.05) is 72.8 Å². The molecule has 4 aromatic carbocycles. The number of rotatable bonds is 15. The molecule has 11 heteroatoms. The molecule has 0 unspecified atom stereocenters. The van der Waals surface area contributed by atoms with Gasteiger partial charge in [0.2, 0.25) is 5.90 Å². The smallest absolute Gasteiger partial charge is 0.252 e. The number of hydrogen-bond donors (Lipinski definition) is 2. The Morgan fingerprint density at radius 3 is 2.20 bits per heavy atom. The van der Waals surface area contributed by atoms with Crippen molar-refractivity contribution in [2.45, 2.75) is 29.4 Å². The van der Waals surface area contributed by atoms with Gasteiger partial charge >= 0.3 is 0 Å². The Bertz CT molecular complexity index is 1830. The van der Waals surface area contributed by atoms with E-state index in [1.165, 1.54) is 0 Å². The van der Waals surface area contributed by atoms with Gasteiger partial charge in [0.25, 0.3) is 5.91 Å². The molecule has 2 atom stereocenters. The van der Waals surface area contributed by atoms with Gasteiger partial charge in [-0.3, -0.25) is 9.69 Å². The number of aliphatic hydroxyl groups is 1. The van der Waals surface area contributed by atoms with E-state index in [4.69, 9.17) is 24.3 Å². The molecule has 2 aliphatic heterocycles. The number of benzene rings is 4. The third kappa shape index (κ3) is 8.42. The van der Waals surface area contributed by atoms with Crippen molar-refractivity contribution in [1.82, 2.24) is 10.2 Å². The molecule has 2 N–H and O–H groups in total. The highest BCUT2D eigenvalue weighted by Gasteiger charge is 2.53. The summed E-state index contributed by atoms with van der Waals surface area (Å²) in [5, 5.41) is 12.2. The van der Waals surface area contributed by atoms with Crippen LogP contribution in [0.4, 0.5) is 0 Å². The Balaban J connectivity index is 1.36. The van der Waals surface area contributed by atoms with Gasteiger partial charge in [0.05, 0.1) is 30.5 Å². The number of aliphatic imine (C=N–C) groups is 1. The minimum absolute atomic E-state index is 0.0348. The maximum atomic E-state index is 14.5. The minimum Gasteiger partial charge on any atom is -0.494 e. The molecule has 0 saturated carbocycles. The van der Waals surface area contributed by atoms with E-state index in [9.17, 15) is 13.2 Å². The predicted octanol–water partition coefficient (Wildman–Crippen LogP) is 4.68. The lowest BCUT2D eigenvalue weighted by Crippen LogP contribution is -2.51. The predicted molar refractivity (Wildman–Crippen MR) is 192 cm³/mol. The van der Waals surface area contributed by atoms with Crippen LogP contribution >= 0.6 is 0 Å². The fraction of sp³-hybridized carbons (Fsp3) is 0.333. The summed E-state index contributed by atoms with van der Waals surface area (Å²) in [4.78, 5) is 22.0. The molecule has 0 aromatic heterocycles. The average molecular weight is 698 g/mol. The Morgan fingerprint density at radius 1 is 0.880 bits per heavy atom. The Morgan fingerprint density at radius 2 is 1.52 bits per heavy atom. The van der Waals surface area contributed by atoms with Crippen molar-refractivity contribution < 1.29 is 32.5 Å². The second-order valence-corrected chi connectivity index (χ2v) is 14.5. The molecule has 1 amide bonds. The van der Waals surface area contributed by atoms with E-state index in [1.807, 2.05) is 54.6 Å². The van der Waals surface area contributed by atoms with Crippen molar-refractivity contribution in [2.24, 2.45) is 4.99 Å². The third-order valence-corrected chi connectivity index (χ3v) is 10.8. The first kappa shape index (κ1) is 35.3. The topological polar surface area (TPSA) is 127 Å². The first-order valence-corrected chi connectivity index (χ1v) is 18.7. The lowest BCUT2D eigenvalue weighted by molar-refractivity contribution is -0.129. The van der Waals surface area contributed by atoms with Crippen molar-refractivity contribution in [3.8, 4) is 16.9 Å². The molecule has 4 aromatic rings. The zero-order valence-corrected chi connectivity index (χ0v) is 28.8. The van der Waals surface area contributed by atoms with Gasteiger partial charge in [-0.05, 0) is 53.1 Å². The molecule has 262 valence electrons. The Labute approximate surface area is 293 Å². The van der Waals surface area contributed by atoms with Crippen LogP contribution < -0.4 is 10.1 Å². The Hall–Kier alpha value is -4.55. The quantitative estimate of drug-likeness (QED) is 0.172. The van der Waals surface area contributed by atoms with E-state index >= 15 is 0 Å². The van der Waals surface area contributed by atoms with E-state index in [-0.39, 0.29) is 29.6 Å². The summed E-state index contributed by atoms with van der Waals surface area (Å²) in [5.41, 5.74) is 1.78. The number of ether oxygens (including phenoxy) is 3. The van der Waals surface area contributed by atoms with E-state index in [0.717, 1.165) is 24.2 Å². The number of morpholine rings is 1. The number of carbonyl (C=O) groups excluding carboxylic acids is 1. The van der Waals surface area contributed by atoms with Crippen molar-refractivity contribution >= 4 is 21.6 Å². The van der Waals surface area contributed by atoms with Crippen LogP contribution in [0.2, 0.25) is 0 Å². The van der Waals surface area contributed by atoms with Crippen LogP contribution in [0.5, 0.6) is 5.75 Å². The summed E-state index contributed by atoms with van der Waals surface area (Å²) in [6, 6.07) is 33.2. The standard InChI is InChI=1S/C39H43N3O7S/c43-25-7-26-48-34-18-16-33(17-19-34)37-41-39(20-29-50(45,46)35-10-5-2-6-11-35,38(44)40-21-22-42-23-27-47-28-24-42)36(49-37)32-14-12-31(13-15-32)30-8-3-1-4-9-30/h1-6,8-19,36,43H,7,20-29H2,(H,40,44)/t36-,39-/m1/s1. The zero-order chi connectivity index (χ0) is 34.8. The molecule has 1 fully saturated rings. The fourth-order valence-corrected chi connectivity index (χ4v) is 7.58. The number of sulfone groups is 1. The molecule has 2 aliphatic rings. The first-order valence-electron chi connectivity index (χ1n) is 17.0. The van der Waals surface area contributed by atoms with Gasteiger partial charge in [0.15, 0.2) is 21.5 Å². The molecule has 0 radical (unpaired) electrons. The van der Waals surface area contributed by atoms with Crippen molar-refractivity contribution in [1.29, 1.82) is 0 Å². The molecule has 0 bridgehead atoms. The van der Waals surface area contributed by atoms with Gasteiger partial charge in [-0.25, -0.2) is 13.4 Å². The third-order valence-electron chi connectivity index (χ3n) is 9.02. The van der Waals surface area contributed by atoms with Gasteiger partial charge in [-0.2, -0.15) is 0 Å². The number of aliphatic hydroxyl groups excluding tert-OH is 1. The van der Waals surface area contributed by atoms with Crippen LogP contribution in [0.15, 0.2) is 119 Å².